The summed E-state index contributed by atoms with van der Waals surface area (Å²) in [5, 5.41) is 13.7. The molecule has 0 saturated heterocycles. The van der Waals surface area contributed by atoms with Gasteiger partial charge in [0.2, 0.25) is 0 Å². The first-order valence-corrected chi connectivity index (χ1v) is 5.40. The number of nitrogens with one attached hydrogen (secondary N) is 1. The van der Waals surface area contributed by atoms with Crippen molar-refractivity contribution < 1.29 is 14.3 Å². The molecule has 0 unspecified atom stereocenters. The molecule has 0 bridgehead atoms. The van der Waals surface area contributed by atoms with E-state index in [-0.39, 0.29) is 11.5 Å². The number of hydrogen-bond acceptors (Lipinski definition) is 4. The molecular formula is C12H9ClN2O3. The quantitative estimate of drug-likeness (QED) is 0.660. The average molecular weight is 265 g/mol. The predicted molar refractivity (Wildman–Crippen MR) is 66.9 cm³/mol. The van der Waals surface area contributed by atoms with E-state index in [1.807, 2.05) is 0 Å². The Morgan fingerprint density at radius 2 is 2.28 bits per heavy atom. The highest BCUT2D eigenvalue weighted by Crippen LogP contribution is 2.19. The van der Waals surface area contributed by atoms with E-state index in [1.165, 1.54) is 30.7 Å². The minimum Gasteiger partial charge on any atom is -0.507 e. The van der Waals surface area contributed by atoms with Crippen molar-refractivity contribution in [1.29, 1.82) is 0 Å². The Bertz CT molecular complexity index is 579. The fourth-order valence-electron chi connectivity index (χ4n) is 1.25. The van der Waals surface area contributed by atoms with Crippen LogP contribution in [0.15, 0.2) is 46.1 Å². The molecule has 2 aromatic rings. The number of nitrogens with zero attached hydrogens (tertiary/aromatic N) is 1. The number of hydrogen-bond donors (Lipinski definition) is 2. The monoisotopic (exact) mass is 264 g/mol. The molecule has 0 aliphatic heterocycles. The van der Waals surface area contributed by atoms with Crippen LogP contribution in [0, 0.1) is 0 Å². The molecule has 92 valence electrons. The molecule has 5 nitrogen and oxygen atoms in total. The normalized spacial score (nSPS) is 10.7. The first-order chi connectivity index (χ1) is 8.66. The van der Waals surface area contributed by atoms with Gasteiger partial charge < -0.3 is 9.52 Å². The fraction of sp³-hybridized carbons (Fsp3) is 0. The van der Waals surface area contributed by atoms with Gasteiger partial charge in [-0.3, -0.25) is 4.79 Å². The van der Waals surface area contributed by atoms with E-state index in [4.69, 9.17) is 16.0 Å². The van der Waals surface area contributed by atoms with E-state index in [1.54, 1.807) is 12.1 Å². The Labute approximate surface area is 108 Å². The van der Waals surface area contributed by atoms with Gasteiger partial charge in [0, 0.05) is 10.6 Å². The molecule has 0 spiro atoms. The predicted octanol–water partition coefficient (Wildman–Crippen LogP) is 2.40. The van der Waals surface area contributed by atoms with Crippen LogP contribution in [0.3, 0.4) is 0 Å². The lowest BCUT2D eigenvalue weighted by atomic mass is 10.2. The maximum absolute atomic E-state index is 11.4. The molecule has 0 aliphatic rings. The molecule has 0 aliphatic carbocycles. The number of amides is 1. The van der Waals surface area contributed by atoms with Gasteiger partial charge in [-0.2, -0.15) is 5.10 Å². The van der Waals surface area contributed by atoms with Crippen LogP contribution >= 0.6 is 11.6 Å². The highest BCUT2D eigenvalue weighted by atomic mass is 35.5. The van der Waals surface area contributed by atoms with Crippen molar-refractivity contribution in [3.05, 3.63) is 52.9 Å². The largest absolute Gasteiger partial charge is 0.507 e. The third-order valence-corrected chi connectivity index (χ3v) is 2.34. The summed E-state index contributed by atoms with van der Waals surface area (Å²) in [6, 6.07) is 7.64. The lowest BCUT2D eigenvalue weighted by Crippen LogP contribution is -2.16. The summed E-state index contributed by atoms with van der Waals surface area (Å²) in [4.78, 5) is 11.4. The molecule has 6 heteroatoms. The SMILES string of the molecule is O=C(N/N=C\c1cc(Cl)ccc1O)c1ccco1. The fourth-order valence-corrected chi connectivity index (χ4v) is 1.43. The Balaban J connectivity index is 2.03. The summed E-state index contributed by atoms with van der Waals surface area (Å²) in [6.45, 7) is 0. The van der Waals surface area contributed by atoms with Crippen LogP contribution in [0.1, 0.15) is 16.1 Å². The number of furan rings is 1. The number of phenols is 1. The summed E-state index contributed by atoms with van der Waals surface area (Å²) >= 11 is 5.76. The molecule has 0 atom stereocenters. The lowest BCUT2D eigenvalue weighted by Gasteiger charge is -1.99. The van der Waals surface area contributed by atoms with E-state index < -0.39 is 5.91 Å². The maximum atomic E-state index is 11.4. The summed E-state index contributed by atoms with van der Waals surface area (Å²) in [6.07, 6.45) is 2.68. The number of phenolic OH excluding ortho intramolecular Hbond substituents is 1. The second-order valence-electron chi connectivity index (χ2n) is 3.38. The zero-order valence-electron chi connectivity index (χ0n) is 9.13. The van der Waals surface area contributed by atoms with Crippen molar-refractivity contribution in [2.24, 2.45) is 5.10 Å². The molecule has 0 radical (unpaired) electrons. The van der Waals surface area contributed by atoms with Gasteiger partial charge in [-0.1, -0.05) is 11.6 Å². The van der Waals surface area contributed by atoms with E-state index in [2.05, 4.69) is 10.5 Å². The van der Waals surface area contributed by atoms with Crippen LogP contribution in [-0.4, -0.2) is 17.2 Å². The smallest absolute Gasteiger partial charge is 0.307 e. The van der Waals surface area contributed by atoms with Crippen LogP contribution in [0.5, 0.6) is 5.75 Å². The Morgan fingerprint density at radius 3 is 3.00 bits per heavy atom. The van der Waals surface area contributed by atoms with Gasteiger partial charge in [-0.05, 0) is 30.3 Å². The first kappa shape index (κ1) is 12.2. The van der Waals surface area contributed by atoms with E-state index in [9.17, 15) is 9.90 Å². The van der Waals surface area contributed by atoms with Crippen molar-refractivity contribution in [2.45, 2.75) is 0 Å². The van der Waals surface area contributed by atoms with Gasteiger partial charge in [-0.15, -0.1) is 0 Å². The van der Waals surface area contributed by atoms with Gasteiger partial charge in [0.1, 0.15) is 5.75 Å². The standard InChI is InChI=1S/C12H9ClN2O3/c13-9-3-4-10(16)8(6-9)7-14-15-12(17)11-2-1-5-18-11/h1-7,16H,(H,15,17)/b14-7-. The second-order valence-corrected chi connectivity index (χ2v) is 3.82. The topological polar surface area (TPSA) is 74.8 Å². The van der Waals surface area contributed by atoms with Crippen molar-refractivity contribution >= 4 is 23.7 Å². The molecule has 0 saturated carbocycles. The molecule has 1 aromatic heterocycles. The Kier molecular flexibility index (Phi) is 3.64. The maximum Gasteiger partial charge on any atom is 0.307 e. The minimum absolute atomic E-state index is 0.0235. The van der Waals surface area contributed by atoms with Gasteiger partial charge in [0.15, 0.2) is 5.76 Å². The third kappa shape index (κ3) is 2.89. The van der Waals surface area contributed by atoms with E-state index >= 15 is 0 Å². The highest BCUT2D eigenvalue weighted by molar-refractivity contribution is 6.30. The van der Waals surface area contributed by atoms with E-state index in [0.29, 0.717) is 10.6 Å². The van der Waals surface area contributed by atoms with Gasteiger partial charge >= 0.3 is 5.91 Å². The average Bonchev–Trinajstić information content (AvgIpc) is 2.87. The van der Waals surface area contributed by atoms with Crippen LogP contribution in [0.25, 0.3) is 0 Å². The Hall–Kier alpha value is -2.27. The molecule has 1 aromatic carbocycles. The second kappa shape index (κ2) is 5.37. The van der Waals surface area contributed by atoms with Crippen LogP contribution in [-0.2, 0) is 0 Å². The molecule has 2 rings (SSSR count). The molecule has 18 heavy (non-hydrogen) atoms. The number of carbonyl (C=O) groups is 1. The summed E-state index contributed by atoms with van der Waals surface area (Å²) in [7, 11) is 0. The van der Waals surface area contributed by atoms with Crippen molar-refractivity contribution in [1.82, 2.24) is 5.43 Å². The molecule has 2 N–H and O–H groups in total. The van der Waals surface area contributed by atoms with Gasteiger partial charge in [0.25, 0.3) is 0 Å². The lowest BCUT2D eigenvalue weighted by molar-refractivity contribution is 0.0927. The number of benzene rings is 1. The van der Waals surface area contributed by atoms with Crippen LogP contribution in [0.4, 0.5) is 0 Å². The number of rotatable bonds is 3. The van der Waals surface area contributed by atoms with E-state index in [0.717, 1.165) is 0 Å². The third-order valence-electron chi connectivity index (χ3n) is 2.10. The molecule has 0 fully saturated rings. The summed E-state index contributed by atoms with van der Waals surface area (Å²) in [5.74, 6) is -0.296. The van der Waals surface area contributed by atoms with Crippen LogP contribution in [0.2, 0.25) is 5.02 Å². The highest BCUT2D eigenvalue weighted by Gasteiger charge is 2.06. The number of hydrazone groups is 1. The van der Waals surface area contributed by atoms with Crippen LogP contribution < -0.4 is 5.43 Å². The first-order valence-electron chi connectivity index (χ1n) is 5.02. The summed E-state index contributed by atoms with van der Waals surface area (Å²) in [5.41, 5.74) is 2.67. The van der Waals surface area contributed by atoms with Crippen molar-refractivity contribution in [3.63, 3.8) is 0 Å². The number of aromatic hydroxyl groups is 1. The minimum atomic E-state index is -0.474. The van der Waals surface area contributed by atoms with Gasteiger partial charge in [0.05, 0.1) is 12.5 Å². The Morgan fingerprint density at radius 1 is 1.44 bits per heavy atom. The molecular weight excluding hydrogens is 256 g/mol. The van der Waals surface area contributed by atoms with Crippen molar-refractivity contribution in [2.75, 3.05) is 0 Å². The number of halogens is 1. The zero-order chi connectivity index (χ0) is 13.0. The number of carbonyl (C=O) groups excluding carboxylic acids is 1. The van der Waals surface area contributed by atoms with Crippen molar-refractivity contribution in [3.8, 4) is 5.75 Å². The summed E-state index contributed by atoms with van der Waals surface area (Å²) < 4.78 is 4.88. The molecule has 1 amide bonds. The zero-order valence-corrected chi connectivity index (χ0v) is 9.89. The molecule has 1 heterocycles. The van der Waals surface area contributed by atoms with Gasteiger partial charge in [-0.25, -0.2) is 5.43 Å².